The zero-order chi connectivity index (χ0) is 22.0. The van der Waals surface area contributed by atoms with Crippen LogP contribution in [0.15, 0.2) is 0 Å². The van der Waals surface area contributed by atoms with Gasteiger partial charge in [-0.25, -0.2) is 13.6 Å². The van der Waals surface area contributed by atoms with Crippen molar-refractivity contribution in [2.75, 3.05) is 26.4 Å². The predicted octanol–water partition coefficient (Wildman–Crippen LogP) is 3.79. The molecule has 4 aliphatic carbocycles. The summed E-state index contributed by atoms with van der Waals surface area (Å²) in [6.45, 7) is -3.80. The van der Waals surface area contributed by atoms with Gasteiger partial charge < -0.3 is 18.9 Å². The molecule has 11 heteroatoms. The molecule has 0 aromatic carbocycles. The highest BCUT2D eigenvalue weighted by molar-refractivity contribution is 5.70. The van der Waals surface area contributed by atoms with Crippen LogP contribution in [-0.2, 0) is 23.7 Å². The van der Waals surface area contributed by atoms with Crippen molar-refractivity contribution in [3.05, 3.63) is 0 Å². The molecule has 2 atom stereocenters. The number of alkyl halides is 6. The van der Waals surface area contributed by atoms with E-state index in [1.165, 1.54) is 0 Å². The van der Waals surface area contributed by atoms with Crippen LogP contribution in [0.4, 0.5) is 26.3 Å². The summed E-state index contributed by atoms with van der Waals surface area (Å²) < 4.78 is 102. The van der Waals surface area contributed by atoms with Crippen LogP contribution in [0.1, 0.15) is 39.0 Å². The van der Waals surface area contributed by atoms with Crippen LogP contribution in [0.5, 0.6) is 0 Å². The van der Waals surface area contributed by atoms with Crippen molar-refractivity contribution in [1.82, 2.24) is 0 Å². The molecular weight excluding hydrogens is 422 g/mol. The summed E-state index contributed by atoms with van der Waals surface area (Å²) >= 11 is 0. The van der Waals surface area contributed by atoms with E-state index in [1.807, 2.05) is 0 Å². The summed E-state index contributed by atoms with van der Waals surface area (Å²) in [5, 5.41) is 0. The average Bonchev–Trinajstić information content (AvgIpc) is 2.71. The van der Waals surface area contributed by atoms with E-state index in [-0.39, 0.29) is 18.8 Å². The maximum Gasteiger partial charge on any atom is 0.335 e. The van der Waals surface area contributed by atoms with Crippen molar-refractivity contribution in [3.8, 4) is 0 Å². The molecule has 172 valence electrons. The van der Waals surface area contributed by atoms with E-state index in [0.717, 1.165) is 0 Å². The fourth-order valence-electron chi connectivity index (χ4n) is 5.62. The third-order valence-electron chi connectivity index (χ3n) is 6.75. The Morgan fingerprint density at radius 1 is 1.00 bits per heavy atom. The van der Waals surface area contributed by atoms with Crippen LogP contribution < -0.4 is 0 Å². The highest BCUT2D eigenvalue weighted by atomic mass is 19.3. The number of rotatable bonds is 5. The molecule has 1 heterocycles. The second-order valence-corrected chi connectivity index (χ2v) is 9.25. The minimum Gasteiger partial charge on any atom is -0.458 e. The number of hydrogen-bond donors (Lipinski definition) is 0. The number of esters is 1. The zero-order valence-electron chi connectivity index (χ0n) is 16.4. The first-order valence-electron chi connectivity index (χ1n) is 9.97. The van der Waals surface area contributed by atoms with Gasteiger partial charge in [0.2, 0.25) is 0 Å². The lowest BCUT2D eigenvalue weighted by Gasteiger charge is -2.63. The average molecular weight is 446 g/mol. The number of halogens is 6. The molecule has 4 saturated carbocycles. The van der Waals surface area contributed by atoms with Gasteiger partial charge in [-0.1, -0.05) is 0 Å². The molecule has 4 bridgehead atoms. The van der Waals surface area contributed by atoms with E-state index in [1.54, 1.807) is 0 Å². The van der Waals surface area contributed by atoms with Crippen molar-refractivity contribution < 1.29 is 50.1 Å². The standard InChI is InChI=1S/C19H24F6O5/c1-15(20,21)8-27-14(26)7-28-16-4-11-2-12(5-16)19(13(3-11)6-16)29-9-17(22,23)18(24,25)10-30-19/h11-13H,2-10H2,1H3. The lowest BCUT2D eigenvalue weighted by Crippen LogP contribution is -2.66. The first-order valence-corrected chi connectivity index (χ1v) is 9.97. The second kappa shape index (κ2) is 6.96. The van der Waals surface area contributed by atoms with E-state index in [2.05, 4.69) is 4.74 Å². The maximum atomic E-state index is 13.8. The van der Waals surface area contributed by atoms with Crippen LogP contribution in [0.2, 0.25) is 0 Å². The Hall–Kier alpha value is -1.07. The van der Waals surface area contributed by atoms with Crippen LogP contribution >= 0.6 is 0 Å². The molecular formula is C19H24F6O5. The summed E-state index contributed by atoms with van der Waals surface area (Å²) in [7, 11) is 0. The van der Waals surface area contributed by atoms with E-state index in [9.17, 15) is 31.1 Å². The molecule has 5 fully saturated rings. The van der Waals surface area contributed by atoms with Crippen molar-refractivity contribution in [1.29, 1.82) is 0 Å². The van der Waals surface area contributed by atoms with Gasteiger partial charge in [0.1, 0.15) is 19.8 Å². The largest absolute Gasteiger partial charge is 0.458 e. The van der Waals surface area contributed by atoms with Crippen molar-refractivity contribution in [3.63, 3.8) is 0 Å². The molecule has 1 spiro atoms. The summed E-state index contributed by atoms with van der Waals surface area (Å²) in [5.74, 6) is -15.0. The molecule has 0 N–H and O–H groups in total. The Morgan fingerprint density at radius 2 is 1.53 bits per heavy atom. The summed E-state index contributed by atoms with van der Waals surface area (Å²) in [4.78, 5) is 11.8. The molecule has 5 aliphatic rings. The normalized spacial score (nSPS) is 38.4. The Morgan fingerprint density at radius 3 is 2.03 bits per heavy atom. The monoisotopic (exact) mass is 446 g/mol. The summed E-state index contributed by atoms with van der Waals surface area (Å²) in [6, 6.07) is 0. The quantitative estimate of drug-likeness (QED) is 0.475. The van der Waals surface area contributed by atoms with E-state index in [4.69, 9.17) is 14.2 Å². The van der Waals surface area contributed by atoms with Gasteiger partial charge in [-0.15, -0.1) is 0 Å². The van der Waals surface area contributed by atoms with E-state index >= 15 is 0 Å². The molecule has 30 heavy (non-hydrogen) atoms. The fourth-order valence-corrected chi connectivity index (χ4v) is 5.62. The van der Waals surface area contributed by atoms with Gasteiger partial charge in [-0.05, 0) is 38.0 Å². The van der Waals surface area contributed by atoms with Crippen molar-refractivity contribution in [2.24, 2.45) is 17.8 Å². The maximum absolute atomic E-state index is 13.8. The van der Waals surface area contributed by atoms with Gasteiger partial charge in [0.15, 0.2) is 12.4 Å². The molecule has 2 unspecified atom stereocenters. The third kappa shape index (κ3) is 3.81. The molecule has 0 aromatic heterocycles. The first kappa shape index (κ1) is 22.1. The lowest BCUT2D eigenvalue weighted by atomic mass is 9.51. The number of carbonyl (C=O) groups is 1. The number of carbonyl (C=O) groups excluding carboxylic acids is 1. The van der Waals surface area contributed by atoms with Crippen molar-refractivity contribution >= 4 is 5.97 Å². The van der Waals surface area contributed by atoms with Crippen LogP contribution in [0.3, 0.4) is 0 Å². The SMILES string of the molecule is CC(F)(F)COC(=O)COC12CC3CC(C1)C1(OCC(F)(F)C(F)(F)CO1)C(C3)C2. The smallest absolute Gasteiger partial charge is 0.335 e. The molecule has 5 nitrogen and oxygen atoms in total. The second-order valence-electron chi connectivity index (χ2n) is 9.25. The van der Waals surface area contributed by atoms with Gasteiger partial charge >= 0.3 is 17.8 Å². The minimum absolute atomic E-state index is 0.153. The van der Waals surface area contributed by atoms with Crippen LogP contribution in [0.25, 0.3) is 0 Å². The Kier molecular flexibility index (Phi) is 5.14. The predicted molar refractivity (Wildman–Crippen MR) is 88.3 cm³/mol. The van der Waals surface area contributed by atoms with Gasteiger partial charge in [0.25, 0.3) is 5.92 Å². The van der Waals surface area contributed by atoms with Crippen molar-refractivity contribution in [2.45, 2.75) is 68.2 Å². The molecule has 5 rings (SSSR count). The van der Waals surface area contributed by atoms with Crippen LogP contribution in [-0.4, -0.2) is 61.6 Å². The summed E-state index contributed by atoms with van der Waals surface area (Å²) in [5.41, 5.74) is -0.778. The van der Waals surface area contributed by atoms with Crippen LogP contribution in [0, 0.1) is 17.8 Å². The van der Waals surface area contributed by atoms with Gasteiger partial charge in [0, 0.05) is 18.8 Å². The topological polar surface area (TPSA) is 54.0 Å². The number of hydrogen-bond acceptors (Lipinski definition) is 5. The summed E-state index contributed by atoms with van der Waals surface area (Å²) in [6.07, 6.45) is 2.30. The Balaban J connectivity index is 1.44. The van der Waals surface area contributed by atoms with Gasteiger partial charge in [-0.3, -0.25) is 0 Å². The highest BCUT2D eigenvalue weighted by Crippen LogP contribution is 2.63. The molecule has 0 radical (unpaired) electrons. The fraction of sp³-hybridized carbons (Fsp3) is 0.947. The molecule has 0 amide bonds. The first-order chi connectivity index (χ1) is 13.8. The van der Waals surface area contributed by atoms with E-state index in [0.29, 0.717) is 26.2 Å². The highest BCUT2D eigenvalue weighted by Gasteiger charge is 2.69. The minimum atomic E-state index is -4.33. The van der Waals surface area contributed by atoms with E-state index < -0.39 is 73.4 Å². The Bertz CT molecular complexity index is 657. The molecule has 1 saturated heterocycles. The lowest BCUT2D eigenvalue weighted by molar-refractivity contribution is -0.357. The van der Waals surface area contributed by atoms with Gasteiger partial charge in [0.05, 0.1) is 5.60 Å². The third-order valence-corrected chi connectivity index (χ3v) is 6.75. The van der Waals surface area contributed by atoms with Gasteiger partial charge in [-0.2, -0.15) is 17.6 Å². The molecule has 1 aliphatic heterocycles. The molecule has 0 aromatic rings. The zero-order valence-corrected chi connectivity index (χ0v) is 16.4. The Labute approximate surface area is 169 Å². The number of ether oxygens (including phenoxy) is 4.